The van der Waals surface area contributed by atoms with Crippen molar-refractivity contribution < 1.29 is 19.1 Å². The second-order valence-electron chi connectivity index (χ2n) is 6.21. The Morgan fingerprint density at radius 2 is 2.03 bits per heavy atom. The maximum atomic E-state index is 12.5. The van der Waals surface area contributed by atoms with E-state index in [-0.39, 0.29) is 18.1 Å². The number of nitrogens with one attached hydrogen (secondary N) is 1. The monoisotopic (exact) mass is 429 g/mol. The number of aromatic nitrogens is 2. The number of Topliss-reactive ketones (excluding diaryl/α,β-unsaturated/α-hetero) is 1. The van der Waals surface area contributed by atoms with Gasteiger partial charge in [0.15, 0.2) is 6.10 Å². The lowest BCUT2D eigenvalue weighted by Crippen LogP contribution is -2.24. The van der Waals surface area contributed by atoms with Crippen LogP contribution in [0.15, 0.2) is 41.9 Å². The van der Waals surface area contributed by atoms with Gasteiger partial charge >= 0.3 is 5.97 Å². The van der Waals surface area contributed by atoms with E-state index in [0.29, 0.717) is 17.1 Å². The van der Waals surface area contributed by atoms with Crippen molar-refractivity contribution in [2.24, 2.45) is 0 Å². The fourth-order valence-corrected chi connectivity index (χ4v) is 4.21. The smallest absolute Gasteiger partial charge is 0.312 e. The Hall–Kier alpha value is -2.91. The highest BCUT2D eigenvalue weighted by atomic mass is 32.1. The lowest BCUT2D eigenvalue weighted by atomic mass is 10.2. The largest absolute Gasteiger partial charge is 0.454 e. The first-order valence-corrected chi connectivity index (χ1v) is 10.5. The number of ether oxygens (including phenoxy) is 1. The number of thiophene rings is 1. The summed E-state index contributed by atoms with van der Waals surface area (Å²) in [5, 5.41) is 5.19. The Balaban J connectivity index is 1.54. The van der Waals surface area contributed by atoms with Gasteiger partial charge in [0.1, 0.15) is 5.01 Å². The van der Waals surface area contributed by atoms with Crippen LogP contribution in [-0.4, -0.2) is 33.7 Å². The SMILES string of the molecule is CC(=O)NCc1ccc(C(=O)C(C)OC(=O)Cc2csc(-c3ccccn3)n2)s1. The molecular formula is C20H19N3O4S2. The molecule has 0 aromatic carbocycles. The van der Waals surface area contributed by atoms with Crippen LogP contribution in [0.2, 0.25) is 0 Å². The second kappa shape index (κ2) is 9.53. The van der Waals surface area contributed by atoms with E-state index in [2.05, 4.69) is 15.3 Å². The van der Waals surface area contributed by atoms with Crippen LogP contribution >= 0.6 is 22.7 Å². The first kappa shape index (κ1) is 20.8. The van der Waals surface area contributed by atoms with Crippen LogP contribution in [-0.2, 0) is 27.3 Å². The summed E-state index contributed by atoms with van der Waals surface area (Å²) in [6.07, 6.45) is 0.771. The third-order valence-electron chi connectivity index (χ3n) is 3.85. The topological polar surface area (TPSA) is 98.2 Å². The number of thiazole rings is 1. The van der Waals surface area contributed by atoms with Gasteiger partial charge in [-0.2, -0.15) is 0 Å². The number of amides is 1. The fourth-order valence-electron chi connectivity index (χ4n) is 2.45. The average molecular weight is 430 g/mol. The summed E-state index contributed by atoms with van der Waals surface area (Å²) >= 11 is 2.67. The van der Waals surface area contributed by atoms with Crippen LogP contribution < -0.4 is 5.32 Å². The van der Waals surface area contributed by atoms with Crippen molar-refractivity contribution in [3.8, 4) is 10.7 Å². The standard InChI is InChI=1S/C20H19N3O4S2/c1-12(19(26)17-7-6-15(29-17)10-22-13(2)24)27-18(25)9-14-11-28-20(23-14)16-5-3-4-8-21-16/h3-8,11-12H,9-10H2,1-2H3,(H,22,24). The number of carbonyl (C=O) groups excluding carboxylic acids is 3. The summed E-state index contributed by atoms with van der Waals surface area (Å²) in [6.45, 7) is 3.35. The molecule has 0 bridgehead atoms. The first-order valence-electron chi connectivity index (χ1n) is 8.85. The van der Waals surface area contributed by atoms with E-state index in [4.69, 9.17) is 4.74 Å². The summed E-state index contributed by atoms with van der Waals surface area (Å²) in [7, 11) is 0. The van der Waals surface area contributed by atoms with Gasteiger partial charge in [-0.05, 0) is 31.2 Å². The van der Waals surface area contributed by atoms with Crippen molar-refractivity contribution in [3.05, 3.63) is 57.4 Å². The first-order chi connectivity index (χ1) is 13.9. The molecule has 0 saturated carbocycles. The molecule has 1 atom stereocenters. The molecule has 0 aliphatic rings. The number of hydrogen-bond acceptors (Lipinski definition) is 8. The molecule has 3 aromatic rings. The molecule has 0 radical (unpaired) electrons. The molecule has 3 heterocycles. The molecule has 0 aliphatic heterocycles. The molecule has 0 spiro atoms. The fraction of sp³-hybridized carbons (Fsp3) is 0.250. The Morgan fingerprint density at radius 1 is 1.21 bits per heavy atom. The van der Waals surface area contributed by atoms with Crippen molar-refractivity contribution in [2.75, 3.05) is 0 Å². The van der Waals surface area contributed by atoms with Crippen LogP contribution in [0, 0.1) is 0 Å². The minimum atomic E-state index is -0.899. The van der Waals surface area contributed by atoms with Gasteiger partial charge < -0.3 is 10.1 Å². The van der Waals surface area contributed by atoms with E-state index in [9.17, 15) is 14.4 Å². The third kappa shape index (κ3) is 5.78. The number of nitrogens with zero attached hydrogens (tertiary/aromatic N) is 2. The highest BCUT2D eigenvalue weighted by Gasteiger charge is 2.22. The Kier molecular flexibility index (Phi) is 6.84. The number of rotatable bonds is 8. The highest BCUT2D eigenvalue weighted by molar-refractivity contribution is 7.14. The molecule has 0 aliphatic carbocycles. The van der Waals surface area contributed by atoms with Gasteiger partial charge in [-0.3, -0.25) is 19.4 Å². The highest BCUT2D eigenvalue weighted by Crippen LogP contribution is 2.22. The van der Waals surface area contributed by atoms with E-state index >= 15 is 0 Å². The van der Waals surface area contributed by atoms with Crippen LogP contribution in [0.25, 0.3) is 10.7 Å². The number of pyridine rings is 1. The number of esters is 1. The second-order valence-corrected chi connectivity index (χ2v) is 8.23. The zero-order valence-corrected chi connectivity index (χ0v) is 17.5. The minimum absolute atomic E-state index is 0.0147. The maximum Gasteiger partial charge on any atom is 0.312 e. The molecule has 1 N–H and O–H groups in total. The minimum Gasteiger partial charge on any atom is -0.454 e. The summed E-state index contributed by atoms with van der Waals surface area (Å²) in [4.78, 5) is 45.7. The Morgan fingerprint density at radius 3 is 2.76 bits per heavy atom. The van der Waals surface area contributed by atoms with Gasteiger partial charge in [0.05, 0.1) is 29.2 Å². The quantitative estimate of drug-likeness (QED) is 0.436. The third-order valence-corrected chi connectivity index (χ3v) is 5.87. The van der Waals surface area contributed by atoms with Crippen LogP contribution in [0.1, 0.15) is 34.1 Å². The predicted octanol–water partition coefficient (Wildman–Crippen LogP) is 3.26. The molecule has 7 nitrogen and oxygen atoms in total. The summed E-state index contributed by atoms with van der Waals surface area (Å²) < 4.78 is 5.29. The number of hydrogen-bond donors (Lipinski definition) is 1. The number of ketones is 1. The van der Waals surface area contributed by atoms with Crippen molar-refractivity contribution in [2.45, 2.75) is 32.9 Å². The lowest BCUT2D eigenvalue weighted by molar-refractivity contribution is -0.145. The van der Waals surface area contributed by atoms with Crippen LogP contribution in [0.3, 0.4) is 0 Å². The van der Waals surface area contributed by atoms with Crippen LogP contribution in [0.4, 0.5) is 0 Å². The number of carbonyl (C=O) groups is 3. The van der Waals surface area contributed by atoms with Gasteiger partial charge in [-0.15, -0.1) is 22.7 Å². The molecule has 1 amide bonds. The van der Waals surface area contributed by atoms with Crippen LogP contribution in [0.5, 0.6) is 0 Å². The van der Waals surface area contributed by atoms with Gasteiger partial charge in [0, 0.05) is 23.4 Å². The maximum absolute atomic E-state index is 12.5. The molecule has 0 fully saturated rings. The molecular weight excluding hydrogens is 410 g/mol. The van der Waals surface area contributed by atoms with E-state index in [1.54, 1.807) is 30.6 Å². The van der Waals surface area contributed by atoms with Gasteiger partial charge in [-0.25, -0.2) is 4.98 Å². The summed E-state index contributed by atoms with van der Waals surface area (Å²) in [5.41, 5.74) is 1.32. The molecule has 0 saturated heterocycles. The van der Waals surface area contributed by atoms with Crippen molar-refractivity contribution in [3.63, 3.8) is 0 Å². The average Bonchev–Trinajstić information content (AvgIpc) is 3.36. The van der Waals surface area contributed by atoms with Gasteiger partial charge in [-0.1, -0.05) is 6.07 Å². The van der Waals surface area contributed by atoms with E-state index in [1.165, 1.54) is 29.6 Å². The lowest BCUT2D eigenvalue weighted by Gasteiger charge is -2.10. The summed E-state index contributed by atoms with van der Waals surface area (Å²) in [6, 6.07) is 9.00. The van der Waals surface area contributed by atoms with E-state index in [0.717, 1.165) is 15.6 Å². The molecule has 150 valence electrons. The van der Waals surface area contributed by atoms with Crippen molar-refractivity contribution in [1.29, 1.82) is 0 Å². The van der Waals surface area contributed by atoms with Crippen molar-refractivity contribution in [1.82, 2.24) is 15.3 Å². The molecule has 9 heteroatoms. The Bertz CT molecular complexity index is 1010. The van der Waals surface area contributed by atoms with E-state index < -0.39 is 12.1 Å². The molecule has 1 unspecified atom stereocenters. The molecule has 29 heavy (non-hydrogen) atoms. The zero-order valence-electron chi connectivity index (χ0n) is 15.9. The molecule has 3 rings (SSSR count). The zero-order chi connectivity index (χ0) is 20.8. The van der Waals surface area contributed by atoms with Gasteiger partial charge in [0.2, 0.25) is 11.7 Å². The van der Waals surface area contributed by atoms with Gasteiger partial charge in [0.25, 0.3) is 0 Å². The molecule has 3 aromatic heterocycles. The normalized spacial score (nSPS) is 11.7. The predicted molar refractivity (Wildman–Crippen MR) is 111 cm³/mol. The van der Waals surface area contributed by atoms with Crippen molar-refractivity contribution >= 4 is 40.3 Å². The van der Waals surface area contributed by atoms with E-state index in [1.807, 2.05) is 18.2 Å². The summed E-state index contributed by atoms with van der Waals surface area (Å²) in [5.74, 6) is -0.926. The Labute approximate surface area is 175 Å².